The molecule has 0 unspecified atom stereocenters. The van der Waals surface area contributed by atoms with E-state index in [-0.39, 0.29) is 17.9 Å². The van der Waals surface area contributed by atoms with E-state index in [1.807, 2.05) is 62.4 Å². The molecule has 6 nitrogen and oxygen atoms in total. The summed E-state index contributed by atoms with van der Waals surface area (Å²) in [6.45, 7) is 6.08. The maximum Gasteiger partial charge on any atom is 0.298 e. The van der Waals surface area contributed by atoms with Crippen molar-refractivity contribution in [2.75, 3.05) is 18.0 Å². The van der Waals surface area contributed by atoms with Gasteiger partial charge in [-0.2, -0.15) is 4.98 Å². The monoisotopic (exact) mass is 393 g/mol. The van der Waals surface area contributed by atoms with Crippen LogP contribution in [0.25, 0.3) is 11.1 Å². The lowest BCUT2D eigenvalue weighted by Gasteiger charge is -2.30. The minimum absolute atomic E-state index is 0.0270. The molecule has 1 aliphatic heterocycles. The number of carbonyl (C=O) groups is 1. The molecule has 0 radical (unpaired) electrons. The van der Waals surface area contributed by atoms with Crippen molar-refractivity contribution in [3.05, 3.63) is 54.1 Å². The average Bonchev–Trinajstić information content (AvgIpc) is 3.17. The van der Waals surface area contributed by atoms with Crippen LogP contribution in [0.1, 0.15) is 32.3 Å². The number of oxazole rings is 1. The summed E-state index contributed by atoms with van der Waals surface area (Å²) in [6.07, 6.45) is 1.75. The Morgan fingerprint density at radius 2 is 1.90 bits per heavy atom. The van der Waals surface area contributed by atoms with E-state index in [1.165, 1.54) is 0 Å². The van der Waals surface area contributed by atoms with Crippen molar-refractivity contribution in [3.63, 3.8) is 0 Å². The molecule has 2 aromatic carbocycles. The summed E-state index contributed by atoms with van der Waals surface area (Å²) in [5.74, 6) is 0.991. The quantitative estimate of drug-likeness (QED) is 0.681. The first-order chi connectivity index (χ1) is 14.1. The molecule has 1 saturated heterocycles. The highest BCUT2D eigenvalue weighted by Gasteiger charge is 2.27. The number of nitrogens with one attached hydrogen (secondary N) is 1. The highest BCUT2D eigenvalue weighted by atomic mass is 16.5. The van der Waals surface area contributed by atoms with Crippen molar-refractivity contribution in [2.24, 2.45) is 5.92 Å². The molecule has 0 bridgehead atoms. The number of carbonyl (C=O) groups excluding carboxylic acids is 1. The van der Waals surface area contributed by atoms with Crippen molar-refractivity contribution in [1.29, 1.82) is 0 Å². The predicted octanol–water partition coefficient (Wildman–Crippen LogP) is 4.15. The number of para-hydroxylation sites is 2. The van der Waals surface area contributed by atoms with E-state index >= 15 is 0 Å². The first-order valence-electron chi connectivity index (χ1n) is 10.2. The van der Waals surface area contributed by atoms with Crippen molar-refractivity contribution in [2.45, 2.75) is 39.3 Å². The Morgan fingerprint density at radius 1 is 1.17 bits per heavy atom. The van der Waals surface area contributed by atoms with Gasteiger partial charge in [0.1, 0.15) is 11.3 Å². The second-order valence-electron chi connectivity index (χ2n) is 7.75. The van der Waals surface area contributed by atoms with Gasteiger partial charge in [-0.3, -0.25) is 4.79 Å². The second-order valence-corrected chi connectivity index (χ2v) is 7.75. The smallest absolute Gasteiger partial charge is 0.298 e. The number of hydrogen-bond donors (Lipinski definition) is 1. The zero-order valence-corrected chi connectivity index (χ0v) is 16.9. The Morgan fingerprint density at radius 3 is 2.59 bits per heavy atom. The highest BCUT2D eigenvalue weighted by Crippen LogP contribution is 2.26. The summed E-state index contributed by atoms with van der Waals surface area (Å²) in [4.78, 5) is 19.3. The Labute approximate surface area is 170 Å². The average molecular weight is 393 g/mol. The minimum Gasteiger partial charge on any atom is -0.491 e. The van der Waals surface area contributed by atoms with Crippen LogP contribution >= 0.6 is 0 Å². The summed E-state index contributed by atoms with van der Waals surface area (Å²) in [5, 5.41) is 3.07. The number of piperidine rings is 1. The van der Waals surface area contributed by atoms with Crippen LogP contribution in [0, 0.1) is 5.92 Å². The van der Waals surface area contributed by atoms with Crippen molar-refractivity contribution in [1.82, 2.24) is 10.3 Å². The molecular weight excluding hydrogens is 366 g/mol. The van der Waals surface area contributed by atoms with Gasteiger partial charge in [0.05, 0.1) is 6.10 Å². The van der Waals surface area contributed by atoms with Gasteiger partial charge in [0.2, 0.25) is 5.91 Å². The molecule has 0 saturated carbocycles. The van der Waals surface area contributed by atoms with Crippen LogP contribution in [0.5, 0.6) is 5.75 Å². The Kier molecular flexibility index (Phi) is 5.69. The first kappa shape index (κ1) is 19.3. The maximum atomic E-state index is 12.6. The lowest BCUT2D eigenvalue weighted by molar-refractivity contribution is -0.125. The normalized spacial score (nSPS) is 15.1. The van der Waals surface area contributed by atoms with E-state index < -0.39 is 0 Å². The lowest BCUT2D eigenvalue weighted by atomic mass is 9.96. The second kappa shape index (κ2) is 8.55. The van der Waals surface area contributed by atoms with Crippen LogP contribution in [0.15, 0.2) is 52.9 Å². The van der Waals surface area contributed by atoms with E-state index in [2.05, 4.69) is 15.2 Å². The molecule has 0 aliphatic carbocycles. The van der Waals surface area contributed by atoms with Crippen molar-refractivity contribution >= 4 is 23.0 Å². The third kappa shape index (κ3) is 4.70. The molecule has 6 heteroatoms. The van der Waals surface area contributed by atoms with E-state index in [0.29, 0.717) is 12.6 Å². The van der Waals surface area contributed by atoms with Gasteiger partial charge in [0.15, 0.2) is 5.58 Å². The standard InChI is InChI=1S/C23H27N3O3/c1-16(2)28-19-9-7-17(8-10-19)15-24-22(27)18-11-13-26(14-12-18)23-25-20-5-3-4-6-21(20)29-23/h3-10,16,18H,11-15H2,1-2H3,(H,24,27). The van der Waals surface area contributed by atoms with Gasteiger partial charge in [-0.15, -0.1) is 0 Å². The molecule has 29 heavy (non-hydrogen) atoms. The number of ether oxygens (including phenoxy) is 1. The molecule has 0 spiro atoms. The zero-order chi connectivity index (χ0) is 20.2. The van der Waals surface area contributed by atoms with E-state index in [1.54, 1.807) is 0 Å². The molecule has 1 aliphatic rings. The number of benzene rings is 2. The van der Waals surface area contributed by atoms with Crippen molar-refractivity contribution < 1.29 is 13.9 Å². The van der Waals surface area contributed by atoms with E-state index in [0.717, 1.165) is 48.3 Å². The molecule has 1 aromatic heterocycles. The van der Waals surface area contributed by atoms with Gasteiger partial charge < -0.3 is 19.4 Å². The molecule has 1 N–H and O–H groups in total. The van der Waals surface area contributed by atoms with Crippen LogP contribution < -0.4 is 15.0 Å². The summed E-state index contributed by atoms with van der Waals surface area (Å²) in [5.41, 5.74) is 2.73. The van der Waals surface area contributed by atoms with Crippen LogP contribution in [-0.4, -0.2) is 30.1 Å². The Hall–Kier alpha value is -3.02. The van der Waals surface area contributed by atoms with Gasteiger partial charge in [-0.1, -0.05) is 24.3 Å². The third-order valence-electron chi connectivity index (χ3n) is 5.18. The van der Waals surface area contributed by atoms with Crippen LogP contribution in [0.3, 0.4) is 0 Å². The molecular formula is C23H27N3O3. The van der Waals surface area contributed by atoms with Gasteiger partial charge in [0.25, 0.3) is 6.01 Å². The Balaban J connectivity index is 1.26. The summed E-state index contributed by atoms with van der Waals surface area (Å²) >= 11 is 0. The molecule has 1 amide bonds. The first-order valence-corrected chi connectivity index (χ1v) is 10.2. The van der Waals surface area contributed by atoms with E-state index in [4.69, 9.17) is 9.15 Å². The minimum atomic E-state index is 0.0270. The van der Waals surface area contributed by atoms with Gasteiger partial charge in [0, 0.05) is 25.6 Å². The molecule has 1 fully saturated rings. The summed E-state index contributed by atoms with van der Waals surface area (Å²) in [6, 6.07) is 16.3. The van der Waals surface area contributed by atoms with Crippen LogP contribution in [0.2, 0.25) is 0 Å². The SMILES string of the molecule is CC(C)Oc1ccc(CNC(=O)C2CCN(c3nc4ccccc4o3)CC2)cc1. The van der Waals surface area contributed by atoms with Gasteiger partial charge in [-0.05, 0) is 56.5 Å². The summed E-state index contributed by atoms with van der Waals surface area (Å²) < 4.78 is 11.5. The number of fused-ring (bicyclic) bond motifs is 1. The number of nitrogens with zero attached hydrogens (tertiary/aromatic N) is 2. The van der Waals surface area contributed by atoms with Gasteiger partial charge >= 0.3 is 0 Å². The number of hydrogen-bond acceptors (Lipinski definition) is 5. The fourth-order valence-electron chi connectivity index (χ4n) is 3.62. The number of amides is 1. The third-order valence-corrected chi connectivity index (χ3v) is 5.18. The topological polar surface area (TPSA) is 67.6 Å². The van der Waals surface area contributed by atoms with Crippen LogP contribution in [-0.2, 0) is 11.3 Å². The fraction of sp³-hybridized carbons (Fsp3) is 0.391. The number of anilines is 1. The highest BCUT2D eigenvalue weighted by molar-refractivity contribution is 5.79. The number of rotatable bonds is 6. The largest absolute Gasteiger partial charge is 0.491 e. The van der Waals surface area contributed by atoms with Crippen molar-refractivity contribution in [3.8, 4) is 5.75 Å². The molecule has 4 rings (SSSR count). The zero-order valence-electron chi connectivity index (χ0n) is 16.9. The summed E-state index contributed by atoms with van der Waals surface area (Å²) in [7, 11) is 0. The lowest BCUT2D eigenvalue weighted by Crippen LogP contribution is -2.40. The molecule has 3 aromatic rings. The fourth-order valence-corrected chi connectivity index (χ4v) is 3.62. The maximum absolute atomic E-state index is 12.6. The molecule has 0 atom stereocenters. The van der Waals surface area contributed by atoms with Gasteiger partial charge in [-0.25, -0.2) is 0 Å². The predicted molar refractivity (Wildman–Crippen MR) is 113 cm³/mol. The molecule has 2 heterocycles. The Bertz CT molecular complexity index is 924. The molecule has 152 valence electrons. The van der Waals surface area contributed by atoms with Crippen LogP contribution in [0.4, 0.5) is 6.01 Å². The number of aromatic nitrogens is 1. The van der Waals surface area contributed by atoms with E-state index in [9.17, 15) is 4.79 Å².